The zero-order chi connectivity index (χ0) is 14.2. The zero-order valence-corrected chi connectivity index (χ0v) is 14.6. The Bertz CT molecular complexity index is 646. The molecular weight excluding hydrogens is 484 g/mol. The van der Waals surface area contributed by atoms with Crippen LogP contribution in [0, 0.1) is 0 Å². The third-order valence-corrected chi connectivity index (χ3v) is 4.88. The van der Waals surface area contributed by atoms with Crippen LogP contribution in [-0.4, -0.2) is 23.7 Å². The number of rotatable bonds is 3. The molecule has 0 aromatic heterocycles. The van der Waals surface area contributed by atoms with Crippen LogP contribution in [0.15, 0.2) is 34.1 Å². The van der Waals surface area contributed by atoms with E-state index in [1.54, 1.807) is 0 Å². The van der Waals surface area contributed by atoms with E-state index >= 15 is 0 Å². The molecule has 0 saturated heterocycles. The quantitative estimate of drug-likeness (QED) is 0.398. The van der Waals surface area contributed by atoms with Crippen molar-refractivity contribution < 1.29 is 25.6 Å². The summed E-state index contributed by atoms with van der Waals surface area (Å²) in [6.07, 6.45) is 0. The Balaban J connectivity index is 3.28. The molecule has 0 aliphatic rings. The summed E-state index contributed by atoms with van der Waals surface area (Å²) in [4.78, 5) is -0.961. The normalized spacial score (nSPS) is 13.6. The third-order valence-electron chi connectivity index (χ3n) is 1.60. The summed E-state index contributed by atoms with van der Waals surface area (Å²) in [6.45, 7) is 0. The van der Waals surface area contributed by atoms with Gasteiger partial charge < -0.3 is 0 Å². The van der Waals surface area contributed by atoms with Crippen molar-refractivity contribution in [2.75, 3.05) is 0 Å². The molecule has 0 unspecified atom stereocenters. The van der Waals surface area contributed by atoms with E-state index in [4.69, 9.17) is 4.55 Å². The molecule has 0 aliphatic carbocycles. The van der Waals surface area contributed by atoms with Crippen molar-refractivity contribution in [3.05, 3.63) is 24.3 Å². The molecule has 102 valence electrons. The molecule has 0 amide bonds. The Morgan fingerprint density at radius 1 is 1.06 bits per heavy atom. The van der Waals surface area contributed by atoms with Gasteiger partial charge in [0.15, 0.2) is 0 Å². The lowest BCUT2D eigenvalue weighted by Crippen LogP contribution is -2.15. The smallest absolute Gasteiger partial charge is 0.282 e. The molecule has 1 rings (SSSR count). The molecule has 0 heterocycles. The summed E-state index contributed by atoms with van der Waals surface area (Å²) < 4.78 is 57.2. The minimum Gasteiger partial charge on any atom is -0.282 e. The Morgan fingerprint density at radius 2 is 1.56 bits per heavy atom. The van der Waals surface area contributed by atoms with Crippen LogP contribution < -0.4 is 0 Å². The monoisotopic (exact) mass is 486 g/mol. The molecule has 0 atom stereocenters. The SMILES string of the molecule is O=S(=O)(O)c1cccc(S(=O)(=O)OC(Br)(Br)Br)c1. The van der Waals surface area contributed by atoms with Gasteiger partial charge in [-0.15, -0.1) is 0 Å². The van der Waals surface area contributed by atoms with Crippen molar-refractivity contribution in [2.24, 2.45) is 0 Å². The third kappa shape index (κ3) is 4.87. The second kappa shape index (κ2) is 5.46. The summed E-state index contributed by atoms with van der Waals surface area (Å²) in [6, 6.07) is 4.13. The average molecular weight is 489 g/mol. The van der Waals surface area contributed by atoms with E-state index in [9.17, 15) is 16.8 Å². The lowest BCUT2D eigenvalue weighted by atomic mass is 10.4. The fourth-order valence-electron chi connectivity index (χ4n) is 0.963. The average Bonchev–Trinajstić information content (AvgIpc) is 2.13. The standard InChI is InChI=1S/C7H5Br3O6S2/c8-7(9,10)16-18(14,15)6-3-1-2-5(4-6)17(11,12)13/h1-4H,(H,11,12,13). The minimum absolute atomic E-state index is 0.416. The molecular formula is C7H5Br3O6S2. The predicted octanol–water partition coefficient (Wildman–Crippen LogP) is 2.43. The van der Waals surface area contributed by atoms with Gasteiger partial charge in [-0.05, 0) is 66.0 Å². The Kier molecular flexibility index (Phi) is 5.02. The van der Waals surface area contributed by atoms with Gasteiger partial charge >= 0.3 is 0 Å². The number of hydrogen-bond acceptors (Lipinski definition) is 5. The van der Waals surface area contributed by atoms with Crippen LogP contribution in [0.5, 0.6) is 0 Å². The maximum absolute atomic E-state index is 11.7. The summed E-state index contributed by atoms with van der Waals surface area (Å²) in [5, 5.41) is 0. The van der Waals surface area contributed by atoms with Gasteiger partial charge in [-0.25, -0.2) is 4.18 Å². The molecule has 0 fully saturated rings. The first-order valence-corrected chi connectivity index (χ1v) is 9.24. The Morgan fingerprint density at radius 3 is 2.00 bits per heavy atom. The van der Waals surface area contributed by atoms with E-state index < -0.39 is 32.4 Å². The number of hydrogen-bond donors (Lipinski definition) is 1. The molecule has 1 N–H and O–H groups in total. The predicted molar refractivity (Wildman–Crippen MR) is 74.0 cm³/mol. The summed E-state index contributed by atoms with van der Waals surface area (Å²) in [5.41, 5.74) is 0. The topological polar surface area (TPSA) is 97.7 Å². The van der Waals surface area contributed by atoms with Crippen LogP contribution in [0.2, 0.25) is 0 Å². The van der Waals surface area contributed by atoms with Gasteiger partial charge in [0.25, 0.3) is 22.6 Å². The fraction of sp³-hybridized carbons (Fsp3) is 0.143. The van der Waals surface area contributed by atoms with Crippen molar-refractivity contribution >= 4 is 68.0 Å². The molecule has 1 aromatic carbocycles. The van der Waals surface area contributed by atoms with Crippen LogP contribution in [0.1, 0.15) is 0 Å². The number of halogens is 3. The van der Waals surface area contributed by atoms with Crippen molar-refractivity contribution in [1.29, 1.82) is 0 Å². The van der Waals surface area contributed by atoms with Gasteiger partial charge in [0, 0.05) is 0 Å². The fourth-order valence-corrected chi connectivity index (χ4v) is 3.99. The van der Waals surface area contributed by atoms with Crippen molar-refractivity contribution in [1.82, 2.24) is 0 Å². The van der Waals surface area contributed by atoms with Crippen molar-refractivity contribution in [3.63, 3.8) is 0 Å². The summed E-state index contributed by atoms with van der Waals surface area (Å²) in [5.74, 6) is 0. The lowest BCUT2D eigenvalue weighted by molar-refractivity contribution is 0.352. The highest BCUT2D eigenvalue weighted by Gasteiger charge is 2.29. The summed E-state index contributed by atoms with van der Waals surface area (Å²) >= 11 is 8.50. The molecule has 0 bridgehead atoms. The number of alkyl halides is 3. The van der Waals surface area contributed by atoms with E-state index in [0.717, 1.165) is 24.3 Å². The highest BCUT2D eigenvalue weighted by Crippen LogP contribution is 2.38. The van der Waals surface area contributed by atoms with Crippen molar-refractivity contribution in [3.8, 4) is 0 Å². The van der Waals surface area contributed by atoms with E-state index in [2.05, 4.69) is 52.0 Å². The molecule has 18 heavy (non-hydrogen) atoms. The minimum atomic E-state index is -4.48. The first kappa shape index (κ1) is 16.5. The Labute approximate surface area is 129 Å². The second-order valence-corrected chi connectivity index (χ2v) is 12.4. The van der Waals surface area contributed by atoms with Gasteiger partial charge in [-0.1, -0.05) is 6.07 Å². The van der Waals surface area contributed by atoms with E-state index in [0.29, 0.717) is 0 Å². The van der Waals surface area contributed by atoms with Gasteiger partial charge in [-0.2, -0.15) is 16.8 Å². The van der Waals surface area contributed by atoms with Crippen LogP contribution in [0.25, 0.3) is 0 Å². The largest absolute Gasteiger partial charge is 0.299 e. The second-order valence-electron chi connectivity index (χ2n) is 2.93. The van der Waals surface area contributed by atoms with E-state index in [1.165, 1.54) is 0 Å². The van der Waals surface area contributed by atoms with Gasteiger partial charge in [0.2, 0.25) is 0 Å². The molecule has 11 heteroatoms. The van der Waals surface area contributed by atoms with Crippen molar-refractivity contribution in [2.45, 2.75) is 12.1 Å². The van der Waals surface area contributed by atoms with Crippen LogP contribution >= 0.6 is 47.8 Å². The lowest BCUT2D eigenvalue weighted by Gasteiger charge is -2.13. The molecule has 0 saturated carbocycles. The first-order valence-electron chi connectivity index (χ1n) is 4.02. The van der Waals surface area contributed by atoms with Gasteiger partial charge in [-0.3, -0.25) is 4.55 Å². The Hall–Kier alpha value is 0.480. The first-order chi connectivity index (χ1) is 7.92. The highest BCUT2D eigenvalue weighted by atomic mass is 80.0. The number of benzene rings is 1. The molecule has 0 spiro atoms. The molecule has 0 aliphatic heterocycles. The molecule has 6 nitrogen and oxygen atoms in total. The maximum Gasteiger partial charge on any atom is 0.299 e. The molecule has 1 aromatic rings. The van der Waals surface area contributed by atoms with Crippen LogP contribution in [0.3, 0.4) is 0 Å². The van der Waals surface area contributed by atoms with Gasteiger partial charge in [0.05, 0.1) is 9.79 Å². The van der Waals surface area contributed by atoms with Crippen LogP contribution in [-0.2, 0) is 24.4 Å². The summed E-state index contributed by atoms with van der Waals surface area (Å²) in [7, 11) is -8.70. The van der Waals surface area contributed by atoms with E-state index in [1.807, 2.05) is 0 Å². The molecule has 0 radical (unpaired) electrons. The maximum atomic E-state index is 11.7. The van der Waals surface area contributed by atoms with Crippen LogP contribution in [0.4, 0.5) is 0 Å². The van der Waals surface area contributed by atoms with Gasteiger partial charge in [0.1, 0.15) is 0 Å². The zero-order valence-electron chi connectivity index (χ0n) is 8.25. The van der Waals surface area contributed by atoms with E-state index in [-0.39, 0.29) is 0 Å². The highest BCUT2D eigenvalue weighted by molar-refractivity contribution is 9.39.